The number of benzene rings is 2. The van der Waals surface area contributed by atoms with Gasteiger partial charge in [-0.1, -0.05) is 30.3 Å². The summed E-state index contributed by atoms with van der Waals surface area (Å²) in [4.78, 5) is 37.3. The normalized spacial score (nSPS) is 16.3. The number of amides is 2. The van der Waals surface area contributed by atoms with Gasteiger partial charge in [0.15, 0.2) is 0 Å². The fraction of sp³-hybridized carbons (Fsp3) is 0.292. The number of aryl methyl sites for hydroxylation is 1. The Balaban J connectivity index is 1.24. The van der Waals surface area contributed by atoms with E-state index in [1.54, 1.807) is 16.7 Å². The van der Waals surface area contributed by atoms with E-state index in [9.17, 15) is 9.59 Å². The molecule has 32 heavy (non-hydrogen) atoms. The molecule has 2 aliphatic rings. The van der Waals surface area contributed by atoms with E-state index in [-0.39, 0.29) is 11.8 Å². The second-order valence-electron chi connectivity index (χ2n) is 7.93. The lowest BCUT2D eigenvalue weighted by molar-refractivity contribution is -0.116. The summed E-state index contributed by atoms with van der Waals surface area (Å²) in [5.41, 5.74) is 3.88. The molecule has 0 unspecified atom stereocenters. The number of fused-ring (bicyclic) bond motifs is 1. The third-order valence-electron chi connectivity index (χ3n) is 5.90. The van der Waals surface area contributed by atoms with Gasteiger partial charge in [0.2, 0.25) is 5.91 Å². The first-order chi connectivity index (χ1) is 15.6. The molecular weight excluding hydrogens is 440 g/mol. The fourth-order valence-electron chi connectivity index (χ4n) is 4.17. The van der Waals surface area contributed by atoms with Crippen molar-refractivity contribution < 1.29 is 9.59 Å². The number of rotatable bonds is 4. The zero-order valence-electron chi connectivity index (χ0n) is 17.9. The van der Waals surface area contributed by atoms with Crippen LogP contribution in [0.2, 0.25) is 0 Å². The number of hydrogen-bond acceptors (Lipinski definition) is 6. The SMILES string of the molecule is Cc1ccccc1N1CCN(C(=O)c2csc(CN3C(=O)CSc4ccccc43)n2)CC1. The van der Waals surface area contributed by atoms with Gasteiger partial charge in [-0.05, 0) is 30.7 Å². The van der Waals surface area contributed by atoms with Crippen molar-refractivity contribution in [1.29, 1.82) is 0 Å². The Kier molecular flexibility index (Phi) is 5.89. The molecule has 0 saturated carbocycles. The first-order valence-electron chi connectivity index (χ1n) is 10.7. The van der Waals surface area contributed by atoms with Gasteiger partial charge < -0.3 is 14.7 Å². The van der Waals surface area contributed by atoms with Crippen LogP contribution in [0.5, 0.6) is 0 Å². The standard InChI is InChI=1S/C24H24N4O2S2/c1-17-6-2-3-7-19(17)26-10-12-27(13-11-26)24(30)18-15-32-22(25-18)14-28-20-8-4-5-9-21(20)31-16-23(28)29/h2-9,15H,10-14,16H2,1H3. The minimum Gasteiger partial charge on any atom is -0.368 e. The van der Waals surface area contributed by atoms with E-state index in [0.717, 1.165) is 28.7 Å². The summed E-state index contributed by atoms with van der Waals surface area (Å²) in [6.45, 7) is 5.49. The van der Waals surface area contributed by atoms with Crippen LogP contribution in [-0.4, -0.2) is 53.6 Å². The minimum atomic E-state index is -0.0298. The van der Waals surface area contributed by atoms with Gasteiger partial charge >= 0.3 is 0 Å². The van der Waals surface area contributed by atoms with Crippen LogP contribution in [-0.2, 0) is 11.3 Å². The van der Waals surface area contributed by atoms with Crippen LogP contribution >= 0.6 is 23.1 Å². The molecule has 0 aliphatic carbocycles. The molecule has 1 aromatic heterocycles. The Labute approximate surface area is 195 Å². The smallest absolute Gasteiger partial charge is 0.273 e. The number of thioether (sulfide) groups is 1. The van der Waals surface area contributed by atoms with Crippen molar-refractivity contribution in [2.24, 2.45) is 0 Å². The Morgan fingerprint density at radius 2 is 1.72 bits per heavy atom. The summed E-state index contributed by atoms with van der Waals surface area (Å²) >= 11 is 3.01. The average molecular weight is 465 g/mol. The predicted octanol–water partition coefficient (Wildman–Crippen LogP) is 4.05. The first-order valence-corrected chi connectivity index (χ1v) is 12.5. The highest BCUT2D eigenvalue weighted by Gasteiger charge is 2.27. The molecule has 3 heterocycles. The lowest BCUT2D eigenvalue weighted by Crippen LogP contribution is -2.49. The maximum atomic E-state index is 13.0. The van der Waals surface area contributed by atoms with Crippen molar-refractivity contribution in [2.45, 2.75) is 18.4 Å². The topological polar surface area (TPSA) is 56.8 Å². The van der Waals surface area contributed by atoms with Gasteiger partial charge in [-0.2, -0.15) is 0 Å². The molecule has 0 atom stereocenters. The number of thiazole rings is 1. The molecule has 5 rings (SSSR count). The monoisotopic (exact) mass is 464 g/mol. The Bertz CT molecular complexity index is 1150. The van der Waals surface area contributed by atoms with E-state index in [2.05, 4.69) is 35.0 Å². The molecular formula is C24H24N4O2S2. The maximum Gasteiger partial charge on any atom is 0.273 e. The highest BCUT2D eigenvalue weighted by Crippen LogP contribution is 2.36. The van der Waals surface area contributed by atoms with Crippen LogP contribution in [0.3, 0.4) is 0 Å². The fourth-order valence-corrected chi connectivity index (χ4v) is 5.87. The first kappa shape index (κ1) is 21.0. The summed E-state index contributed by atoms with van der Waals surface area (Å²) in [5.74, 6) is 0.473. The van der Waals surface area contributed by atoms with Crippen LogP contribution in [0.15, 0.2) is 58.8 Å². The van der Waals surface area contributed by atoms with E-state index in [1.807, 2.05) is 40.6 Å². The molecule has 0 N–H and O–H groups in total. The average Bonchev–Trinajstić information content (AvgIpc) is 3.30. The molecule has 0 spiro atoms. The Morgan fingerprint density at radius 3 is 2.50 bits per heavy atom. The molecule has 2 aromatic carbocycles. The largest absolute Gasteiger partial charge is 0.368 e. The van der Waals surface area contributed by atoms with Crippen molar-refractivity contribution in [1.82, 2.24) is 9.88 Å². The molecule has 6 nitrogen and oxygen atoms in total. The predicted molar refractivity (Wildman–Crippen MR) is 130 cm³/mol. The van der Waals surface area contributed by atoms with E-state index in [4.69, 9.17) is 0 Å². The van der Waals surface area contributed by atoms with Crippen LogP contribution in [0.1, 0.15) is 21.1 Å². The molecule has 3 aromatic rings. The molecule has 0 bridgehead atoms. The second kappa shape index (κ2) is 8.96. The third kappa shape index (κ3) is 4.12. The molecule has 2 aliphatic heterocycles. The summed E-state index contributed by atoms with van der Waals surface area (Å²) in [5, 5.41) is 2.60. The van der Waals surface area contributed by atoms with Gasteiger partial charge in [0.1, 0.15) is 10.7 Å². The van der Waals surface area contributed by atoms with Gasteiger partial charge in [0, 0.05) is 42.1 Å². The van der Waals surface area contributed by atoms with Crippen molar-refractivity contribution in [3.05, 3.63) is 70.2 Å². The summed E-state index contributed by atoms with van der Waals surface area (Å²) in [7, 11) is 0. The lowest BCUT2D eigenvalue weighted by Gasteiger charge is -2.36. The zero-order chi connectivity index (χ0) is 22.1. The van der Waals surface area contributed by atoms with E-state index < -0.39 is 0 Å². The van der Waals surface area contributed by atoms with Gasteiger partial charge in [0.05, 0.1) is 18.0 Å². The van der Waals surface area contributed by atoms with Gasteiger partial charge in [-0.25, -0.2) is 4.98 Å². The van der Waals surface area contributed by atoms with E-state index in [0.29, 0.717) is 31.1 Å². The van der Waals surface area contributed by atoms with E-state index in [1.165, 1.54) is 22.6 Å². The zero-order valence-corrected chi connectivity index (χ0v) is 19.5. The quantitative estimate of drug-likeness (QED) is 0.583. The molecule has 8 heteroatoms. The number of piperazine rings is 1. The van der Waals surface area contributed by atoms with Gasteiger partial charge in [-0.15, -0.1) is 23.1 Å². The molecule has 2 amide bonds. The summed E-state index contributed by atoms with van der Waals surface area (Å²) in [6, 6.07) is 16.3. The van der Waals surface area contributed by atoms with Crippen molar-refractivity contribution in [3.8, 4) is 0 Å². The number of hydrogen-bond donors (Lipinski definition) is 0. The number of carbonyl (C=O) groups excluding carboxylic acids is 2. The molecule has 1 fully saturated rings. The third-order valence-corrected chi connectivity index (χ3v) is 7.78. The lowest BCUT2D eigenvalue weighted by atomic mass is 10.1. The molecule has 1 saturated heterocycles. The second-order valence-corrected chi connectivity index (χ2v) is 9.89. The number of para-hydroxylation sites is 2. The van der Waals surface area contributed by atoms with Crippen LogP contribution in [0, 0.1) is 6.92 Å². The Hall–Kier alpha value is -2.84. The number of nitrogens with zero attached hydrogens (tertiary/aromatic N) is 4. The van der Waals surface area contributed by atoms with Crippen molar-refractivity contribution in [3.63, 3.8) is 0 Å². The van der Waals surface area contributed by atoms with Crippen LogP contribution < -0.4 is 9.80 Å². The number of carbonyl (C=O) groups is 2. The summed E-state index contributed by atoms with van der Waals surface area (Å²) in [6.07, 6.45) is 0. The maximum absolute atomic E-state index is 13.0. The van der Waals surface area contributed by atoms with Gasteiger partial charge in [0.25, 0.3) is 5.91 Å². The number of anilines is 2. The highest BCUT2D eigenvalue weighted by molar-refractivity contribution is 8.00. The molecule has 0 radical (unpaired) electrons. The Morgan fingerprint density at radius 1 is 1.00 bits per heavy atom. The van der Waals surface area contributed by atoms with Gasteiger partial charge in [-0.3, -0.25) is 9.59 Å². The minimum absolute atomic E-state index is 0.0298. The summed E-state index contributed by atoms with van der Waals surface area (Å²) < 4.78 is 0. The highest BCUT2D eigenvalue weighted by atomic mass is 32.2. The van der Waals surface area contributed by atoms with Crippen LogP contribution in [0.4, 0.5) is 11.4 Å². The van der Waals surface area contributed by atoms with Crippen molar-refractivity contribution in [2.75, 3.05) is 41.7 Å². The number of aromatic nitrogens is 1. The molecule has 164 valence electrons. The van der Waals surface area contributed by atoms with Crippen LogP contribution in [0.25, 0.3) is 0 Å². The van der Waals surface area contributed by atoms with E-state index >= 15 is 0 Å². The van der Waals surface area contributed by atoms with Crippen molar-refractivity contribution >= 4 is 46.3 Å².